The van der Waals surface area contributed by atoms with Crippen LogP contribution in [0.3, 0.4) is 0 Å². The quantitative estimate of drug-likeness (QED) is 0.636. The Morgan fingerprint density at radius 2 is 2.21 bits per heavy atom. The Kier molecular flexibility index (Phi) is 2.52. The van der Waals surface area contributed by atoms with Crippen molar-refractivity contribution in [1.29, 1.82) is 0 Å². The summed E-state index contributed by atoms with van der Waals surface area (Å²) in [5.41, 5.74) is -0.0404. The van der Waals surface area contributed by atoms with Gasteiger partial charge >= 0.3 is 0 Å². The summed E-state index contributed by atoms with van der Waals surface area (Å²) in [7, 11) is 0. The zero-order valence-electron chi connectivity index (χ0n) is 9.01. The number of carbonyl (C=O) groups is 1. The molecule has 0 aromatic carbocycles. The topological polar surface area (TPSA) is 38.3 Å². The van der Waals surface area contributed by atoms with Gasteiger partial charge in [0.15, 0.2) is 0 Å². The summed E-state index contributed by atoms with van der Waals surface area (Å²) in [6.07, 6.45) is 3.34. The molecule has 1 spiro atoms. The fraction of sp³-hybridized carbons (Fsp3) is 0.909. The van der Waals surface area contributed by atoms with E-state index >= 15 is 0 Å². The molecule has 1 saturated carbocycles. The maximum Gasteiger partial charge on any atom is 0.246 e. The highest BCUT2D eigenvalue weighted by Crippen LogP contribution is 2.37. The van der Waals surface area contributed by atoms with Crippen molar-refractivity contribution in [3.63, 3.8) is 0 Å². The number of amides is 1. The van der Waals surface area contributed by atoms with E-state index in [1.807, 2.05) is 0 Å². The Bertz CT molecular complexity index is 241. The van der Waals surface area contributed by atoms with Gasteiger partial charge in [-0.2, -0.15) is 0 Å². The number of hydrogen-bond acceptors (Lipinski definition) is 2. The SMILES string of the molecule is CC1CCC2(COCC(=O)N2)CC1C. The summed E-state index contributed by atoms with van der Waals surface area (Å²) in [4.78, 5) is 11.3. The van der Waals surface area contributed by atoms with Gasteiger partial charge in [-0.1, -0.05) is 13.8 Å². The number of ether oxygens (including phenoxy) is 1. The van der Waals surface area contributed by atoms with Crippen molar-refractivity contribution >= 4 is 5.91 Å². The lowest BCUT2D eigenvalue weighted by molar-refractivity contribution is -0.137. The lowest BCUT2D eigenvalue weighted by Crippen LogP contribution is -2.59. The first-order valence-electron chi connectivity index (χ1n) is 5.50. The molecule has 1 heterocycles. The molecule has 0 aromatic heterocycles. The Hall–Kier alpha value is -0.570. The third-order valence-corrected chi connectivity index (χ3v) is 3.78. The third kappa shape index (κ3) is 1.78. The van der Waals surface area contributed by atoms with Crippen LogP contribution in [0.1, 0.15) is 33.1 Å². The number of hydrogen-bond donors (Lipinski definition) is 1. The molecule has 3 heteroatoms. The molecule has 3 nitrogen and oxygen atoms in total. The van der Waals surface area contributed by atoms with Crippen molar-refractivity contribution in [2.75, 3.05) is 13.2 Å². The minimum absolute atomic E-state index is 0.0404. The highest BCUT2D eigenvalue weighted by atomic mass is 16.5. The van der Waals surface area contributed by atoms with Gasteiger partial charge in [0.2, 0.25) is 5.91 Å². The molecular weight excluding hydrogens is 178 g/mol. The van der Waals surface area contributed by atoms with Crippen LogP contribution < -0.4 is 5.32 Å². The molecule has 0 bridgehead atoms. The highest BCUT2D eigenvalue weighted by Gasteiger charge is 2.41. The maximum absolute atomic E-state index is 11.3. The first kappa shape index (κ1) is 9.97. The largest absolute Gasteiger partial charge is 0.369 e. The fourth-order valence-corrected chi connectivity index (χ4v) is 2.66. The van der Waals surface area contributed by atoms with Gasteiger partial charge in [-0.3, -0.25) is 4.79 Å². The van der Waals surface area contributed by atoms with Gasteiger partial charge in [-0.15, -0.1) is 0 Å². The molecule has 2 rings (SSSR count). The number of rotatable bonds is 0. The predicted molar refractivity (Wildman–Crippen MR) is 53.9 cm³/mol. The van der Waals surface area contributed by atoms with Crippen molar-refractivity contribution in [2.45, 2.75) is 38.6 Å². The summed E-state index contributed by atoms with van der Waals surface area (Å²) in [5, 5.41) is 3.12. The van der Waals surface area contributed by atoms with Gasteiger partial charge in [-0.25, -0.2) is 0 Å². The second-order valence-corrected chi connectivity index (χ2v) is 5.02. The average Bonchev–Trinajstić information content (AvgIpc) is 2.12. The van der Waals surface area contributed by atoms with E-state index in [1.54, 1.807) is 0 Å². The van der Waals surface area contributed by atoms with Crippen LogP contribution in [0.4, 0.5) is 0 Å². The van der Waals surface area contributed by atoms with E-state index in [0.29, 0.717) is 12.5 Å². The molecule has 1 saturated heterocycles. The second kappa shape index (κ2) is 3.54. The molecule has 2 fully saturated rings. The van der Waals surface area contributed by atoms with Crippen molar-refractivity contribution in [3.8, 4) is 0 Å². The molecule has 0 aromatic rings. The van der Waals surface area contributed by atoms with Crippen molar-refractivity contribution in [2.24, 2.45) is 11.8 Å². The summed E-state index contributed by atoms with van der Waals surface area (Å²) in [6.45, 7) is 5.51. The highest BCUT2D eigenvalue weighted by molar-refractivity contribution is 5.78. The van der Waals surface area contributed by atoms with E-state index in [-0.39, 0.29) is 18.1 Å². The summed E-state index contributed by atoms with van der Waals surface area (Å²) >= 11 is 0. The van der Waals surface area contributed by atoms with E-state index in [0.717, 1.165) is 18.8 Å². The molecule has 80 valence electrons. The van der Waals surface area contributed by atoms with Crippen LogP contribution in [0.15, 0.2) is 0 Å². The van der Waals surface area contributed by atoms with Crippen molar-refractivity contribution < 1.29 is 9.53 Å². The minimum Gasteiger partial charge on any atom is -0.369 e. The van der Waals surface area contributed by atoms with E-state index in [4.69, 9.17) is 4.74 Å². The van der Waals surface area contributed by atoms with Crippen LogP contribution in [-0.2, 0) is 9.53 Å². The lowest BCUT2D eigenvalue weighted by Gasteiger charge is -2.45. The second-order valence-electron chi connectivity index (χ2n) is 5.02. The maximum atomic E-state index is 11.3. The molecule has 14 heavy (non-hydrogen) atoms. The van der Waals surface area contributed by atoms with Crippen LogP contribution in [-0.4, -0.2) is 24.7 Å². The van der Waals surface area contributed by atoms with E-state index in [1.165, 1.54) is 6.42 Å². The summed E-state index contributed by atoms with van der Waals surface area (Å²) in [5.74, 6) is 1.52. The van der Waals surface area contributed by atoms with Gasteiger partial charge in [0.05, 0.1) is 12.1 Å². The van der Waals surface area contributed by atoms with Crippen LogP contribution >= 0.6 is 0 Å². The van der Waals surface area contributed by atoms with Gasteiger partial charge in [0.25, 0.3) is 0 Å². The zero-order valence-corrected chi connectivity index (χ0v) is 9.01. The number of carbonyl (C=O) groups excluding carboxylic acids is 1. The minimum atomic E-state index is -0.0404. The van der Waals surface area contributed by atoms with Gasteiger partial charge in [0.1, 0.15) is 6.61 Å². The first-order chi connectivity index (χ1) is 6.61. The van der Waals surface area contributed by atoms with Crippen molar-refractivity contribution in [3.05, 3.63) is 0 Å². The predicted octanol–water partition coefficient (Wildman–Crippen LogP) is 1.33. The molecule has 1 N–H and O–H groups in total. The van der Waals surface area contributed by atoms with Gasteiger partial charge in [0, 0.05) is 0 Å². The number of nitrogens with one attached hydrogen (secondary N) is 1. The van der Waals surface area contributed by atoms with Crippen LogP contribution in [0, 0.1) is 11.8 Å². The molecule has 3 unspecified atom stereocenters. The number of morpholine rings is 1. The van der Waals surface area contributed by atoms with E-state index in [2.05, 4.69) is 19.2 Å². The first-order valence-corrected chi connectivity index (χ1v) is 5.50. The molecule has 3 atom stereocenters. The Balaban J connectivity index is 2.05. The molecule has 1 aliphatic heterocycles. The third-order valence-electron chi connectivity index (χ3n) is 3.78. The molecule has 2 aliphatic rings. The summed E-state index contributed by atoms with van der Waals surface area (Å²) in [6, 6.07) is 0. The Labute approximate surface area is 85.2 Å². The molecule has 1 aliphatic carbocycles. The van der Waals surface area contributed by atoms with E-state index in [9.17, 15) is 4.79 Å². The normalized spacial score (nSPS) is 43.7. The summed E-state index contributed by atoms with van der Waals surface area (Å²) < 4.78 is 5.35. The van der Waals surface area contributed by atoms with Crippen LogP contribution in [0.25, 0.3) is 0 Å². The van der Waals surface area contributed by atoms with Gasteiger partial charge in [-0.05, 0) is 31.1 Å². The van der Waals surface area contributed by atoms with Crippen LogP contribution in [0.5, 0.6) is 0 Å². The molecule has 0 radical (unpaired) electrons. The Morgan fingerprint density at radius 3 is 2.86 bits per heavy atom. The standard InChI is InChI=1S/C11H19NO2/c1-8-3-4-11(5-9(8)2)7-14-6-10(13)12-11/h8-9H,3-7H2,1-2H3,(H,12,13). The van der Waals surface area contributed by atoms with Crippen LogP contribution in [0.2, 0.25) is 0 Å². The smallest absolute Gasteiger partial charge is 0.246 e. The molecule has 1 amide bonds. The van der Waals surface area contributed by atoms with Gasteiger partial charge < -0.3 is 10.1 Å². The zero-order chi connectivity index (χ0) is 10.2. The monoisotopic (exact) mass is 197 g/mol. The Morgan fingerprint density at radius 1 is 1.43 bits per heavy atom. The van der Waals surface area contributed by atoms with E-state index < -0.39 is 0 Å². The lowest BCUT2D eigenvalue weighted by atomic mass is 9.71. The fourth-order valence-electron chi connectivity index (χ4n) is 2.66. The molecular formula is C11H19NO2. The average molecular weight is 197 g/mol. The van der Waals surface area contributed by atoms with Crippen molar-refractivity contribution in [1.82, 2.24) is 5.32 Å².